The van der Waals surface area contributed by atoms with Gasteiger partial charge in [0.2, 0.25) is 0 Å². The molecule has 0 aliphatic carbocycles. The number of hydrogen-bond acceptors (Lipinski definition) is 4. The van der Waals surface area contributed by atoms with Crippen molar-refractivity contribution in [3.63, 3.8) is 0 Å². The van der Waals surface area contributed by atoms with Gasteiger partial charge >= 0.3 is 0 Å². The molecule has 27 heavy (non-hydrogen) atoms. The van der Waals surface area contributed by atoms with Crippen LogP contribution in [-0.2, 0) is 0 Å². The summed E-state index contributed by atoms with van der Waals surface area (Å²) in [6.45, 7) is 9.31. The van der Waals surface area contributed by atoms with Gasteiger partial charge in [0.15, 0.2) is 0 Å². The number of pyridine rings is 1. The monoisotopic (exact) mass is 361 g/mol. The van der Waals surface area contributed by atoms with Crippen molar-refractivity contribution in [1.82, 2.24) is 9.88 Å². The number of aliphatic hydroxyl groups is 1. The standard InChI is InChI=1S/C23H27N3O/c1-3-25-12-14-26(15-13-25)23-21-7-5-4-6-20(21)16-22(24-23)19-10-8-18(9-11-19)17(2)27/h4-11,16-17,27H,3,12-15H2,1-2H3. The molecule has 1 atom stereocenters. The highest BCUT2D eigenvalue weighted by molar-refractivity contribution is 5.95. The molecule has 4 heteroatoms. The second-order valence-corrected chi connectivity index (χ2v) is 7.27. The largest absolute Gasteiger partial charge is 0.389 e. The van der Waals surface area contributed by atoms with Crippen LogP contribution < -0.4 is 4.90 Å². The van der Waals surface area contributed by atoms with E-state index in [0.29, 0.717) is 0 Å². The summed E-state index contributed by atoms with van der Waals surface area (Å²) in [5.41, 5.74) is 2.99. The molecule has 4 rings (SSSR count). The van der Waals surface area contributed by atoms with Gasteiger partial charge in [-0.25, -0.2) is 4.98 Å². The second kappa shape index (κ2) is 7.67. The van der Waals surface area contributed by atoms with Crippen LogP contribution in [0.15, 0.2) is 54.6 Å². The topological polar surface area (TPSA) is 39.6 Å². The average molecular weight is 361 g/mol. The number of benzene rings is 2. The minimum absolute atomic E-state index is 0.450. The van der Waals surface area contributed by atoms with E-state index in [0.717, 1.165) is 55.4 Å². The number of aliphatic hydroxyl groups excluding tert-OH is 1. The van der Waals surface area contributed by atoms with Crippen LogP contribution in [0.2, 0.25) is 0 Å². The van der Waals surface area contributed by atoms with Crippen molar-refractivity contribution in [2.75, 3.05) is 37.6 Å². The molecule has 0 saturated carbocycles. The minimum Gasteiger partial charge on any atom is -0.389 e. The summed E-state index contributed by atoms with van der Waals surface area (Å²) in [5, 5.41) is 12.2. The van der Waals surface area contributed by atoms with E-state index in [1.54, 1.807) is 6.92 Å². The van der Waals surface area contributed by atoms with E-state index in [-0.39, 0.29) is 0 Å². The zero-order valence-corrected chi connectivity index (χ0v) is 16.1. The van der Waals surface area contributed by atoms with Crippen LogP contribution in [0.1, 0.15) is 25.5 Å². The molecular weight excluding hydrogens is 334 g/mol. The van der Waals surface area contributed by atoms with Gasteiger partial charge < -0.3 is 14.9 Å². The van der Waals surface area contributed by atoms with Gasteiger partial charge in [-0.2, -0.15) is 0 Å². The summed E-state index contributed by atoms with van der Waals surface area (Å²) in [6.07, 6.45) is -0.450. The Kier molecular flexibility index (Phi) is 5.10. The molecular formula is C23H27N3O. The van der Waals surface area contributed by atoms with Crippen LogP contribution in [0.3, 0.4) is 0 Å². The Labute approximate surface area is 161 Å². The van der Waals surface area contributed by atoms with Gasteiger partial charge in [0.25, 0.3) is 0 Å². The maximum absolute atomic E-state index is 9.76. The van der Waals surface area contributed by atoms with E-state index in [1.165, 1.54) is 10.8 Å². The van der Waals surface area contributed by atoms with Gasteiger partial charge in [-0.3, -0.25) is 0 Å². The smallest absolute Gasteiger partial charge is 0.137 e. The quantitative estimate of drug-likeness (QED) is 0.759. The number of nitrogens with zero attached hydrogens (tertiary/aromatic N) is 3. The Morgan fingerprint density at radius 1 is 1.00 bits per heavy atom. The highest BCUT2D eigenvalue weighted by Gasteiger charge is 2.19. The molecule has 0 spiro atoms. The first-order valence-electron chi connectivity index (χ1n) is 9.81. The first kappa shape index (κ1) is 18.0. The number of fused-ring (bicyclic) bond motifs is 1. The van der Waals surface area contributed by atoms with Gasteiger partial charge in [-0.1, -0.05) is 55.5 Å². The Bertz CT molecular complexity index is 913. The molecule has 0 amide bonds. The Hall–Kier alpha value is -2.43. The van der Waals surface area contributed by atoms with Crippen LogP contribution >= 0.6 is 0 Å². The fourth-order valence-electron chi connectivity index (χ4n) is 3.78. The molecule has 1 aliphatic rings. The van der Waals surface area contributed by atoms with Gasteiger partial charge in [0.1, 0.15) is 5.82 Å². The Morgan fingerprint density at radius 2 is 1.70 bits per heavy atom. The molecule has 1 aliphatic heterocycles. The lowest BCUT2D eigenvalue weighted by molar-refractivity contribution is 0.199. The molecule has 0 radical (unpaired) electrons. The molecule has 1 aromatic heterocycles. The molecule has 1 unspecified atom stereocenters. The van der Waals surface area contributed by atoms with Crippen molar-refractivity contribution in [3.05, 3.63) is 60.2 Å². The van der Waals surface area contributed by atoms with Crippen molar-refractivity contribution in [3.8, 4) is 11.3 Å². The van der Waals surface area contributed by atoms with Crippen LogP contribution in [-0.4, -0.2) is 47.7 Å². The molecule has 2 aromatic carbocycles. The first-order valence-corrected chi connectivity index (χ1v) is 9.81. The third-order valence-corrected chi connectivity index (χ3v) is 5.53. The number of hydrogen-bond donors (Lipinski definition) is 1. The summed E-state index contributed by atoms with van der Waals surface area (Å²) in [5.74, 6) is 1.08. The van der Waals surface area contributed by atoms with E-state index in [4.69, 9.17) is 4.98 Å². The number of rotatable bonds is 4. The predicted molar refractivity (Wildman–Crippen MR) is 112 cm³/mol. The zero-order valence-electron chi connectivity index (χ0n) is 16.1. The van der Waals surface area contributed by atoms with E-state index in [9.17, 15) is 5.11 Å². The Balaban J connectivity index is 1.74. The van der Waals surface area contributed by atoms with Gasteiger partial charge in [0, 0.05) is 37.1 Å². The Morgan fingerprint density at radius 3 is 2.37 bits per heavy atom. The van der Waals surface area contributed by atoms with E-state index in [2.05, 4.69) is 59.2 Å². The lowest BCUT2D eigenvalue weighted by Gasteiger charge is -2.35. The molecule has 1 N–H and O–H groups in total. The number of likely N-dealkylation sites (N-methyl/N-ethyl adjacent to an activating group) is 1. The van der Waals surface area contributed by atoms with Crippen molar-refractivity contribution in [1.29, 1.82) is 0 Å². The van der Waals surface area contributed by atoms with Gasteiger partial charge in [-0.15, -0.1) is 0 Å². The molecule has 0 bridgehead atoms. The van der Waals surface area contributed by atoms with Crippen molar-refractivity contribution in [2.24, 2.45) is 0 Å². The molecule has 140 valence electrons. The number of anilines is 1. The summed E-state index contributed by atoms with van der Waals surface area (Å²) in [6, 6.07) is 18.7. The molecule has 3 aromatic rings. The summed E-state index contributed by atoms with van der Waals surface area (Å²) in [4.78, 5) is 9.97. The van der Waals surface area contributed by atoms with E-state index in [1.807, 2.05) is 12.1 Å². The van der Waals surface area contributed by atoms with Crippen molar-refractivity contribution >= 4 is 16.6 Å². The minimum atomic E-state index is -0.450. The van der Waals surface area contributed by atoms with Crippen LogP contribution in [0.5, 0.6) is 0 Å². The maximum Gasteiger partial charge on any atom is 0.137 e. The van der Waals surface area contributed by atoms with Gasteiger partial charge in [0.05, 0.1) is 11.8 Å². The van der Waals surface area contributed by atoms with E-state index >= 15 is 0 Å². The fourth-order valence-corrected chi connectivity index (χ4v) is 3.78. The second-order valence-electron chi connectivity index (χ2n) is 7.27. The molecule has 2 heterocycles. The summed E-state index contributed by atoms with van der Waals surface area (Å²) in [7, 11) is 0. The van der Waals surface area contributed by atoms with Crippen molar-refractivity contribution in [2.45, 2.75) is 20.0 Å². The van der Waals surface area contributed by atoms with Gasteiger partial charge in [-0.05, 0) is 30.5 Å². The fraction of sp³-hybridized carbons (Fsp3) is 0.348. The van der Waals surface area contributed by atoms with Crippen molar-refractivity contribution < 1.29 is 5.11 Å². The molecule has 1 saturated heterocycles. The summed E-state index contributed by atoms with van der Waals surface area (Å²) >= 11 is 0. The lowest BCUT2D eigenvalue weighted by Crippen LogP contribution is -2.46. The van der Waals surface area contributed by atoms with Crippen LogP contribution in [0, 0.1) is 0 Å². The zero-order chi connectivity index (χ0) is 18.8. The van der Waals surface area contributed by atoms with Crippen LogP contribution in [0.4, 0.5) is 5.82 Å². The van der Waals surface area contributed by atoms with Crippen LogP contribution in [0.25, 0.3) is 22.0 Å². The normalized spacial score (nSPS) is 16.6. The number of piperazine rings is 1. The first-order chi connectivity index (χ1) is 13.2. The highest BCUT2D eigenvalue weighted by atomic mass is 16.3. The lowest BCUT2D eigenvalue weighted by atomic mass is 10.0. The predicted octanol–water partition coefficient (Wildman–Crippen LogP) is 4.10. The maximum atomic E-state index is 9.76. The number of aromatic nitrogens is 1. The summed E-state index contributed by atoms with van der Waals surface area (Å²) < 4.78 is 0. The average Bonchev–Trinajstić information content (AvgIpc) is 2.73. The molecule has 4 nitrogen and oxygen atoms in total. The highest BCUT2D eigenvalue weighted by Crippen LogP contribution is 2.31. The molecule has 1 fully saturated rings. The van der Waals surface area contributed by atoms with E-state index < -0.39 is 6.10 Å². The SMILES string of the molecule is CCN1CCN(c2nc(-c3ccc(C(C)O)cc3)cc3ccccc23)CC1. The third-order valence-electron chi connectivity index (χ3n) is 5.53. The third kappa shape index (κ3) is 3.68.